The van der Waals surface area contributed by atoms with Crippen LogP contribution in [0.4, 0.5) is 10.1 Å². The topological polar surface area (TPSA) is 69.0 Å². The first-order chi connectivity index (χ1) is 14.4. The molecule has 3 aromatic rings. The molecule has 0 radical (unpaired) electrons. The zero-order chi connectivity index (χ0) is 21.7. The molecule has 0 fully saturated rings. The van der Waals surface area contributed by atoms with Gasteiger partial charge in [0.15, 0.2) is 17.1 Å². The Labute approximate surface area is 183 Å². The third-order valence-electron chi connectivity index (χ3n) is 4.41. The number of nitrogens with zero attached hydrogens (tertiary/aromatic N) is 3. The monoisotopic (exact) mass is 448 g/mol. The number of halogens is 2. The van der Waals surface area contributed by atoms with E-state index in [4.69, 9.17) is 16.3 Å². The summed E-state index contributed by atoms with van der Waals surface area (Å²) in [6.45, 7) is 4.00. The number of aryl methyl sites for hydroxylation is 1. The molecule has 0 saturated carbocycles. The molecule has 158 valence electrons. The van der Waals surface area contributed by atoms with E-state index in [1.165, 1.54) is 35.5 Å². The minimum atomic E-state index is -0.534. The van der Waals surface area contributed by atoms with Crippen LogP contribution in [-0.4, -0.2) is 26.4 Å². The molecule has 9 heteroatoms. The van der Waals surface area contributed by atoms with Gasteiger partial charge in [-0.15, -0.1) is 10.2 Å². The van der Waals surface area contributed by atoms with Gasteiger partial charge in [-0.25, -0.2) is 4.39 Å². The molecule has 3 rings (SSSR count). The van der Waals surface area contributed by atoms with Gasteiger partial charge in [0.2, 0.25) is 5.91 Å². The van der Waals surface area contributed by atoms with Crippen LogP contribution < -0.4 is 10.1 Å². The molecule has 1 aromatic heterocycles. The van der Waals surface area contributed by atoms with Crippen LogP contribution in [0.1, 0.15) is 31.3 Å². The second-order valence-corrected chi connectivity index (χ2v) is 7.97. The Bertz CT molecular complexity index is 1030. The maximum atomic E-state index is 13.2. The van der Waals surface area contributed by atoms with Crippen molar-refractivity contribution >= 4 is 35.0 Å². The van der Waals surface area contributed by atoms with E-state index in [1.807, 2.05) is 38.2 Å². The minimum absolute atomic E-state index is 0.0447. The second-order valence-electron chi connectivity index (χ2n) is 6.62. The number of thioether (sulfide) groups is 1. The summed E-state index contributed by atoms with van der Waals surface area (Å²) in [5, 5.41) is 11.6. The number of benzene rings is 2. The van der Waals surface area contributed by atoms with Gasteiger partial charge in [-0.3, -0.25) is 4.79 Å². The molecule has 0 bridgehead atoms. The predicted molar refractivity (Wildman–Crippen MR) is 117 cm³/mol. The number of carbonyl (C=O) groups excluding carboxylic acids is 1. The first-order valence-electron chi connectivity index (χ1n) is 9.40. The van der Waals surface area contributed by atoms with Crippen molar-refractivity contribution in [3.05, 3.63) is 64.7 Å². The highest BCUT2D eigenvalue weighted by molar-refractivity contribution is 7.99. The summed E-state index contributed by atoms with van der Waals surface area (Å²) in [7, 11) is 1.83. The number of carbonyl (C=O) groups is 1. The molecule has 0 aliphatic rings. The number of amides is 1. The smallest absolute Gasteiger partial charge is 0.234 e. The van der Waals surface area contributed by atoms with Crippen LogP contribution in [0.5, 0.6) is 5.75 Å². The van der Waals surface area contributed by atoms with E-state index in [-0.39, 0.29) is 22.8 Å². The van der Waals surface area contributed by atoms with Gasteiger partial charge in [0.25, 0.3) is 0 Å². The Kier molecular flexibility index (Phi) is 7.33. The highest BCUT2D eigenvalue weighted by Crippen LogP contribution is 2.24. The van der Waals surface area contributed by atoms with E-state index < -0.39 is 5.82 Å². The van der Waals surface area contributed by atoms with Crippen molar-refractivity contribution in [3.63, 3.8) is 0 Å². The summed E-state index contributed by atoms with van der Waals surface area (Å²) in [5.74, 6) is 0.743. The van der Waals surface area contributed by atoms with E-state index in [2.05, 4.69) is 22.4 Å². The zero-order valence-corrected chi connectivity index (χ0v) is 18.4. The summed E-state index contributed by atoms with van der Waals surface area (Å²) < 4.78 is 21.0. The number of aromatic nitrogens is 3. The van der Waals surface area contributed by atoms with Crippen LogP contribution >= 0.6 is 23.4 Å². The van der Waals surface area contributed by atoms with Crippen LogP contribution in [-0.2, 0) is 18.3 Å². The van der Waals surface area contributed by atoms with Gasteiger partial charge in [-0.1, -0.05) is 42.4 Å². The summed E-state index contributed by atoms with van der Waals surface area (Å²) in [4.78, 5) is 12.2. The molecule has 2 aromatic carbocycles. The normalized spacial score (nSPS) is 11.9. The van der Waals surface area contributed by atoms with Crippen molar-refractivity contribution in [1.29, 1.82) is 0 Å². The van der Waals surface area contributed by atoms with Crippen LogP contribution in [0.15, 0.2) is 47.6 Å². The molecule has 1 N–H and O–H groups in total. The Morgan fingerprint density at radius 3 is 2.67 bits per heavy atom. The van der Waals surface area contributed by atoms with Gasteiger partial charge in [0.1, 0.15) is 11.6 Å². The number of hydrogen-bond acceptors (Lipinski definition) is 5. The van der Waals surface area contributed by atoms with Gasteiger partial charge >= 0.3 is 0 Å². The van der Waals surface area contributed by atoms with Crippen LogP contribution in [0, 0.1) is 5.82 Å². The fourth-order valence-electron chi connectivity index (χ4n) is 2.77. The highest BCUT2D eigenvalue weighted by atomic mass is 35.5. The fourth-order valence-corrected chi connectivity index (χ4v) is 3.67. The van der Waals surface area contributed by atoms with E-state index >= 15 is 0 Å². The van der Waals surface area contributed by atoms with Gasteiger partial charge in [-0.05, 0) is 49.2 Å². The lowest BCUT2D eigenvalue weighted by Crippen LogP contribution is -2.15. The molecule has 1 heterocycles. The van der Waals surface area contributed by atoms with Crippen LogP contribution in [0.2, 0.25) is 5.02 Å². The molecule has 30 heavy (non-hydrogen) atoms. The number of nitrogens with one attached hydrogen (secondary N) is 1. The van der Waals surface area contributed by atoms with Crippen LogP contribution in [0.25, 0.3) is 0 Å². The van der Waals surface area contributed by atoms with E-state index in [9.17, 15) is 9.18 Å². The molecule has 0 saturated heterocycles. The number of hydrogen-bond donors (Lipinski definition) is 1. The highest BCUT2D eigenvalue weighted by Gasteiger charge is 2.18. The van der Waals surface area contributed by atoms with Crippen molar-refractivity contribution in [2.24, 2.45) is 7.05 Å². The summed E-state index contributed by atoms with van der Waals surface area (Å²) in [5.41, 5.74) is 1.68. The van der Waals surface area contributed by atoms with Crippen molar-refractivity contribution in [2.75, 3.05) is 11.1 Å². The molecule has 1 amide bonds. The van der Waals surface area contributed by atoms with Crippen molar-refractivity contribution in [2.45, 2.75) is 31.5 Å². The molecule has 0 aliphatic heterocycles. The van der Waals surface area contributed by atoms with E-state index in [1.54, 1.807) is 4.57 Å². The van der Waals surface area contributed by atoms with Crippen molar-refractivity contribution in [1.82, 2.24) is 14.8 Å². The van der Waals surface area contributed by atoms with E-state index in [0.29, 0.717) is 16.7 Å². The zero-order valence-electron chi connectivity index (χ0n) is 16.9. The molecule has 6 nitrogen and oxygen atoms in total. The largest absolute Gasteiger partial charge is 0.483 e. The average Bonchev–Trinajstić information content (AvgIpc) is 3.10. The molecular weight excluding hydrogens is 427 g/mol. The standard InChI is InChI=1S/C21H22ClFN4O2S/c1-4-14-5-8-16(9-6-14)29-13(2)20-25-26-21(27(20)3)30-12-19(28)24-15-7-10-18(23)17(22)11-15/h5-11,13H,4,12H2,1-3H3,(H,24,28). The Hall–Kier alpha value is -2.58. The quantitative estimate of drug-likeness (QED) is 0.489. The summed E-state index contributed by atoms with van der Waals surface area (Å²) in [6, 6.07) is 12.0. The first kappa shape index (κ1) is 22.1. The third-order valence-corrected chi connectivity index (χ3v) is 5.72. The van der Waals surface area contributed by atoms with Gasteiger partial charge < -0.3 is 14.6 Å². The number of ether oxygens (including phenoxy) is 1. The Balaban J connectivity index is 1.57. The van der Waals surface area contributed by atoms with Crippen LogP contribution in [0.3, 0.4) is 0 Å². The fraction of sp³-hybridized carbons (Fsp3) is 0.286. The Morgan fingerprint density at radius 2 is 2.00 bits per heavy atom. The number of rotatable bonds is 8. The lowest BCUT2D eigenvalue weighted by atomic mass is 10.2. The first-order valence-corrected chi connectivity index (χ1v) is 10.8. The molecular formula is C21H22ClFN4O2S. The SMILES string of the molecule is CCc1ccc(OC(C)c2nnc(SCC(=O)Nc3ccc(F)c(Cl)c3)n2C)cc1. The van der Waals surface area contributed by atoms with Gasteiger partial charge in [0.05, 0.1) is 10.8 Å². The molecule has 1 unspecified atom stereocenters. The second kappa shape index (κ2) is 9.95. The third kappa shape index (κ3) is 5.52. The summed E-state index contributed by atoms with van der Waals surface area (Å²) >= 11 is 6.98. The Morgan fingerprint density at radius 1 is 1.27 bits per heavy atom. The van der Waals surface area contributed by atoms with E-state index in [0.717, 1.165) is 12.2 Å². The van der Waals surface area contributed by atoms with Gasteiger partial charge in [0, 0.05) is 12.7 Å². The van der Waals surface area contributed by atoms with Gasteiger partial charge in [-0.2, -0.15) is 0 Å². The van der Waals surface area contributed by atoms with Crippen molar-refractivity contribution in [3.8, 4) is 5.75 Å². The summed E-state index contributed by atoms with van der Waals surface area (Å²) in [6.07, 6.45) is 0.668. The predicted octanol–water partition coefficient (Wildman–Crippen LogP) is 5.04. The lowest BCUT2D eigenvalue weighted by molar-refractivity contribution is -0.113. The lowest BCUT2D eigenvalue weighted by Gasteiger charge is -2.14. The maximum absolute atomic E-state index is 13.2. The van der Waals surface area contributed by atoms with Crippen molar-refractivity contribution < 1.29 is 13.9 Å². The maximum Gasteiger partial charge on any atom is 0.234 e. The number of anilines is 1. The average molecular weight is 449 g/mol. The molecule has 1 atom stereocenters. The minimum Gasteiger partial charge on any atom is -0.483 e. The molecule has 0 spiro atoms. The molecule has 0 aliphatic carbocycles.